The highest BCUT2D eigenvalue weighted by atomic mass is 16.5. The van der Waals surface area contributed by atoms with Crippen molar-refractivity contribution < 1.29 is 23.8 Å². The van der Waals surface area contributed by atoms with Crippen LogP contribution in [0.25, 0.3) is 11.0 Å². The predicted octanol–water partition coefficient (Wildman–Crippen LogP) is 1.74. The van der Waals surface area contributed by atoms with E-state index >= 15 is 0 Å². The molecule has 0 aliphatic carbocycles. The summed E-state index contributed by atoms with van der Waals surface area (Å²) >= 11 is 0. The monoisotopic (exact) mass is 220 g/mol. The summed E-state index contributed by atoms with van der Waals surface area (Å²) in [5.41, 5.74) is 0.345. The zero-order valence-corrected chi connectivity index (χ0v) is 8.39. The number of ether oxygens (including phenoxy) is 1. The summed E-state index contributed by atoms with van der Waals surface area (Å²) in [5, 5.41) is 9.85. The van der Waals surface area contributed by atoms with Crippen LogP contribution in [-0.4, -0.2) is 24.5 Å². The minimum Gasteiger partial charge on any atom is -0.504 e. The number of furan rings is 1. The number of phenols is 1. The van der Waals surface area contributed by atoms with Crippen LogP contribution in [0.4, 0.5) is 0 Å². The number of aromatic hydroxyl groups is 1. The molecule has 0 fully saturated rings. The second-order valence-corrected chi connectivity index (χ2v) is 3.13. The highest BCUT2D eigenvalue weighted by Gasteiger charge is 2.16. The lowest BCUT2D eigenvalue weighted by Crippen LogP contribution is -2.00. The van der Waals surface area contributed by atoms with Gasteiger partial charge in [0, 0.05) is 5.39 Å². The van der Waals surface area contributed by atoms with Crippen molar-refractivity contribution >= 4 is 23.2 Å². The van der Waals surface area contributed by atoms with E-state index in [1.54, 1.807) is 0 Å². The predicted molar refractivity (Wildman–Crippen MR) is 54.6 cm³/mol. The van der Waals surface area contributed by atoms with Gasteiger partial charge in [0.1, 0.15) is 0 Å². The largest absolute Gasteiger partial charge is 0.504 e. The van der Waals surface area contributed by atoms with Gasteiger partial charge in [0.15, 0.2) is 23.4 Å². The summed E-state index contributed by atoms with van der Waals surface area (Å²) in [6, 6.07) is 4.11. The maximum absolute atomic E-state index is 11.4. The second kappa shape index (κ2) is 3.69. The van der Waals surface area contributed by atoms with Crippen LogP contribution in [0.5, 0.6) is 5.75 Å². The smallest absolute Gasteiger partial charge is 0.338 e. The van der Waals surface area contributed by atoms with Gasteiger partial charge in [0.05, 0.1) is 12.7 Å². The van der Waals surface area contributed by atoms with Gasteiger partial charge in [-0.1, -0.05) is 0 Å². The first kappa shape index (κ1) is 10.2. The standard InChI is InChI=1S/C11H8O5/c1-15-11(14)7-2-3-9(13)10-8(7)4-6(5-12)16-10/h2-5,13H,1H3. The third kappa shape index (κ3) is 1.42. The van der Waals surface area contributed by atoms with Gasteiger partial charge >= 0.3 is 5.97 Å². The first-order valence-corrected chi connectivity index (χ1v) is 4.46. The van der Waals surface area contributed by atoms with E-state index in [1.807, 2.05) is 0 Å². The van der Waals surface area contributed by atoms with E-state index in [-0.39, 0.29) is 22.7 Å². The van der Waals surface area contributed by atoms with Crippen molar-refractivity contribution in [2.24, 2.45) is 0 Å². The molecule has 2 rings (SSSR count). The second-order valence-electron chi connectivity index (χ2n) is 3.13. The molecular weight excluding hydrogens is 212 g/mol. The van der Waals surface area contributed by atoms with Gasteiger partial charge in [-0.3, -0.25) is 4.79 Å². The molecule has 0 spiro atoms. The molecule has 5 heteroatoms. The zero-order chi connectivity index (χ0) is 11.7. The highest BCUT2D eigenvalue weighted by Crippen LogP contribution is 2.30. The molecule has 16 heavy (non-hydrogen) atoms. The van der Waals surface area contributed by atoms with Crippen molar-refractivity contribution in [1.29, 1.82) is 0 Å². The minimum atomic E-state index is -0.553. The molecule has 5 nitrogen and oxygen atoms in total. The normalized spacial score (nSPS) is 10.3. The number of esters is 1. The van der Waals surface area contributed by atoms with Gasteiger partial charge in [-0.25, -0.2) is 4.79 Å². The van der Waals surface area contributed by atoms with Gasteiger partial charge in [-0.05, 0) is 18.2 Å². The topological polar surface area (TPSA) is 76.7 Å². The highest BCUT2D eigenvalue weighted by molar-refractivity contribution is 6.05. The number of fused-ring (bicyclic) bond motifs is 1. The summed E-state index contributed by atoms with van der Waals surface area (Å²) in [6.45, 7) is 0. The summed E-state index contributed by atoms with van der Waals surface area (Å²) < 4.78 is 9.63. The SMILES string of the molecule is COC(=O)c1ccc(O)c2oc(C=O)cc12. The summed E-state index contributed by atoms with van der Waals surface area (Å²) in [4.78, 5) is 21.9. The van der Waals surface area contributed by atoms with Crippen LogP contribution in [0.1, 0.15) is 20.9 Å². The zero-order valence-electron chi connectivity index (χ0n) is 8.39. The Labute approximate surface area is 90.2 Å². The van der Waals surface area contributed by atoms with Gasteiger partial charge in [0.2, 0.25) is 0 Å². The van der Waals surface area contributed by atoms with E-state index in [9.17, 15) is 14.7 Å². The molecule has 0 amide bonds. The summed E-state index contributed by atoms with van der Waals surface area (Å²) in [6.07, 6.45) is 0.500. The van der Waals surface area contributed by atoms with Crippen LogP contribution < -0.4 is 0 Å². The quantitative estimate of drug-likeness (QED) is 0.616. The number of phenolic OH excluding ortho intramolecular Hbond substituents is 1. The van der Waals surface area contributed by atoms with E-state index in [0.29, 0.717) is 11.7 Å². The molecule has 2 aromatic rings. The Morgan fingerprint density at radius 2 is 2.25 bits per heavy atom. The maximum atomic E-state index is 11.4. The number of carbonyl (C=O) groups is 2. The number of methoxy groups -OCH3 is 1. The number of aldehydes is 1. The van der Waals surface area contributed by atoms with Crippen molar-refractivity contribution in [2.75, 3.05) is 7.11 Å². The lowest BCUT2D eigenvalue weighted by molar-refractivity contribution is 0.0603. The van der Waals surface area contributed by atoms with Crippen LogP contribution in [0, 0.1) is 0 Å². The first-order valence-electron chi connectivity index (χ1n) is 4.46. The summed E-state index contributed by atoms with van der Waals surface area (Å²) in [5.74, 6) is -0.638. The van der Waals surface area contributed by atoms with E-state index in [1.165, 1.54) is 25.3 Å². The van der Waals surface area contributed by atoms with Crippen molar-refractivity contribution in [2.45, 2.75) is 0 Å². The molecule has 1 aromatic heterocycles. The molecular formula is C11H8O5. The molecule has 0 atom stereocenters. The molecule has 0 saturated carbocycles. The number of rotatable bonds is 2. The Kier molecular flexibility index (Phi) is 2.36. The molecule has 1 heterocycles. The maximum Gasteiger partial charge on any atom is 0.338 e. The van der Waals surface area contributed by atoms with Crippen LogP contribution in [-0.2, 0) is 4.74 Å². The molecule has 1 aromatic carbocycles. The fraction of sp³-hybridized carbons (Fsp3) is 0.0909. The van der Waals surface area contributed by atoms with E-state index in [4.69, 9.17) is 4.42 Å². The fourth-order valence-electron chi connectivity index (χ4n) is 1.47. The number of benzene rings is 1. The van der Waals surface area contributed by atoms with E-state index in [2.05, 4.69) is 4.74 Å². The Morgan fingerprint density at radius 1 is 1.50 bits per heavy atom. The number of hydrogen-bond acceptors (Lipinski definition) is 5. The van der Waals surface area contributed by atoms with Gasteiger partial charge < -0.3 is 14.3 Å². The van der Waals surface area contributed by atoms with E-state index in [0.717, 1.165) is 0 Å². The van der Waals surface area contributed by atoms with Crippen LogP contribution in [0.2, 0.25) is 0 Å². The minimum absolute atomic E-state index is 0.0432. The van der Waals surface area contributed by atoms with Crippen LogP contribution in [0.15, 0.2) is 22.6 Å². The molecule has 0 radical (unpaired) electrons. The Bertz CT molecular complexity index is 567. The molecule has 0 saturated heterocycles. The average Bonchev–Trinajstić information content (AvgIpc) is 2.73. The fourth-order valence-corrected chi connectivity index (χ4v) is 1.47. The van der Waals surface area contributed by atoms with Crippen LogP contribution >= 0.6 is 0 Å². The average molecular weight is 220 g/mol. The third-order valence-corrected chi connectivity index (χ3v) is 2.20. The van der Waals surface area contributed by atoms with Gasteiger partial charge in [0.25, 0.3) is 0 Å². The molecule has 0 bridgehead atoms. The van der Waals surface area contributed by atoms with Crippen molar-refractivity contribution in [3.63, 3.8) is 0 Å². The Balaban J connectivity index is 2.76. The first-order chi connectivity index (χ1) is 7.67. The Hall–Kier alpha value is -2.30. The lowest BCUT2D eigenvalue weighted by atomic mass is 10.1. The molecule has 0 aliphatic heterocycles. The van der Waals surface area contributed by atoms with Crippen LogP contribution in [0.3, 0.4) is 0 Å². The van der Waals surface area contributed by atoms with Gasteiger partial charge in [-0.2, -0.15) is 0 Å². The third-order valence-electron chi connectivity index (χ3n) is 2.20. The van der Waals surface area contributed by atoms with E-state index < -0.39 is 5.97 Å². The lowest BCUT2D eigenvalue weighted by Gasteiger charge is -2.00. The summed E-state index contributed by atoms with van der Waals surface area (Å²) in [7, 11) is 1.25. The van der Waals surface area contributed by atoms with Crippen molar-refractivity contribution in [3.05, 3.63) is 29.5 Å². The number of hydrogen-bond donors (Lipinski definition) is 1. The van der Waals surface area contributed by atoms with Crippen molar-refractivity contribution in [1.82, 2.24) is 0 Å². The molecule has 0 unspecified atom stereocenters. The van der Waals surface area contributed by atoms with Gasteiger partial charge in [-0.15, -0.1) is 0 Å². The molecule has 82 valence electrons. The van der Waals surface area contributed by atoms with Crippen molar-refractivity contribution in [3.8, 4) is 5.75 Å². The Morgan fingerprint density at radius 3 is 2.88 bits per heavy atom. The molecule has 0 aliphatic rings. The molecule has 1 N–H and O–H groups in total. The number of carbonyl (C=O) groups excluding carboxylic acids is 2.